The molecule has 4 N–H and O–H groups in total. The molecular weight excluding hydrogens is 420 g/mol. The van der Waals surface area contributed by atoms with Crippen LogP contribution in [0, 0.1) is 28.9 Å². The van der Waals surface area contributed by atoms with Gasteiger partial charge in [-0.25, -0.2) is 14.4 Å². The number of nitriles is 1. The third-order valence-corrected chi connectivity index (χ3v) is 5.42. The quantitative estimate of drug-likeness (QED) is 0.545. The summed E-state index contributed by atoms with van der Waals surface area (Å²) in [5, 5.41) is 22.1. The first-order chi connectivity index (χ1) is 15.3. The first kappa shape index (κ1) is 23.3. The highest BCUT2D eigenvalue weighted by Gasteiger charge is 2.28. The molecule has 0 bridgehead atoms. The molecule has 2 atom stereocenters. The van der Waals surface area contributed by atoms with Crippen LogP contribution in [0.25, 0.3) is 0 Å². The number of nitrogens with two attached hydrogens (primary N) is 1. The van der Waals surface area contributed by atoms with Gasteiger partial charge < -0.3 is 21.1 Å². The number of β-amino-alcohol motifs (C(OH)–C–C–N with tert-alkyl or cyclic N) is 1. The second-order valence-electron chi connectivity index (χ2n) is 7.84. The van der Waals surface area contributed by atoms with Gasteiger partial charge in [0.2, 0.25) is 11.7 Å². The van der Waals surface area contributed by atoms with Crippen molar-refractivity contribution < 1.29 is 18.7 Å². The number of benzene rings is 1. The predicted octanol–water partition coefficient (Wildman–Crippen LogP) is 0.843. The Hall–Kier alpha value is -3.36. The number of hydrogen-bond donors (Lipinski definition) is 3. The van der Waals surface area contributed by atoms with Crippen molar-refractivity contribution >= 4 is 17.5 Å². The summed E-state index contributed by atoms with van der Waals surface area (Å²) in [6, 6.07) is 5.97. The Labute approximate surface area is 184 Å². The summed E-state index contributed by atoms with van der Waals surface area (Å²) in [4.78, 5) is 22.3. The summed E-state index contributed by atoms with van der Waals surface area (Å²) in [5.74, 6) is -1.86. The second kappa shape index (κ2) is 10.3. The van der Waals surface area contributed by atoms with Crippen LogP contribution in [0.4, 0.5) is 20.4 Å². The zero-order valence-electron chi connectivity index (χ0n) is 17.6. The molecule has 1 aromatic heterocycles. The summed E-state index contributed by atoms with van der Waals surface area (Å²) in [5.41, 5.74) is 5.70. The van der Waals surface area contributed by atoms with Gasteiger partial charge in [0.1, 0.15) is 18.2 Å². The van der Waals surface area contributed by atoms with Gasteiger partial charge in [-0.15, -0.1) is 0 Å². The number of aliphatic hydroxyl groups excluding tert-OH is 1. The van der Waals surface area contributed by atoms with Crippen LogP contribution in [0.3, 0.4) is 0 Å². The minimum absolute atomic E-state index is 0.000348. The average molecular weight is 445 g/mol. The summed E-state index contributed by atoms with van der Waals surface area (Å²) >= 11 is 0. The molecule has 2 aromatic rings. The van der Waals surface area contributed by atoms with Gasteiger partial charge in [0, 0.05) is 32.6 Å². The lowest BCUT2D eigenvalue weighted by Crippen LogP contribution is -2.48. The fourth-order valence-corrected chi connectivity index (χ4v) is 3.72. The highest BCUT2D eigenvalue weighted by atomic mass is 19.1. The van der Waals surface area contributed by atoms with E-state index >= 15 is 4.39 Å². The van der Waals surface area contributed by atoms with E-state index in [1.54, 1.807) is 24.1 Å². The first-order valence-corrected chi connectivity index (χ1v) is 10.1. The molecule has 1 aromatic carbocycles. The number of amides is 1. The number of carbonyl (C=O) groups excluding carboxylic acids is 1. The Bertz CT molecular complexity index is 1010. The lowest BCUT2D eigenvalue weighted by molar-refractivity contribution is -0.120. The highest BCUT2D eigenvalue weighted by Crippen LogP contribution is 2.24. The zero-order valence-corrected chi connectivity index (χ0v) is 17.6. The molecule has 0 radical (unpaired) electrons. The van der Waals surface area contributed by atoms with E-state index in [4.69, 9.17) is 11.0 Å². The third-order valence-electron chi connectivity index (χ3n) is 5.42. The lowest BCUT2D eigenvalue weighted by atomic mass is 9.94. The number of nitrogens with zero attached hydrogens (tertiary/aromatic N) is 5. The number of aliphatic hydroxyl groups is 1. The van der Waals surface area contributed by atoms with Crippen LogP contribution in [-0.4, -0.2) is 65.2 Å². The number of piperidine rings is 1. The maximum absolute atomic E-state index is 15.0. The predicted molar refractivity (Wildman–Crippen MR) is 113 cm³/mol. The Kier molecular flexibility index (Phi) is 7.50. The van der Waals surface area contributed by atoms with Crippen LogP contribution in [0.1, 0.15) is 17.5 Å². The van der Waals surface area contributed by atoms with Crippen LogP contribution in [0.2, 0.25) is 0 Å². The number of hydrogen-bond acceptors (Lipinski definition) is 8. The van der Waals surface area contributed by atoms with Crippen molar-refractivity contribution in [2.75, 3.05) is 43.4 Å². The number of carbonyl (C=O) groups is 1. The maximum Gasteiger partial charge on any atom is 0.231 e. The third kappa shape index (κ3) is 5.66. The second-order valence-corrected chi connectivity index (χ2v) is 7.84. The summed E-state index contributed by atoms with van der Waals surface area (Å²) in [6.45, 7) is 1.48. The Morgan fingerprint density at radius 2 is 2.22 bits per heavy atom. The fourth-order valence-electron chi connectivity index (χ4n) is 3.72. The minimum atomic E-state index is -0.686. The zero-order chi connectivity index (χ0) is 23.3. The SMILES string of the molecule is CN(Cc1ccc(C#N)c(F)c1)c1ncnc(NC[C@@H]2CCN(CC(N)=O)C[C@H]2O)c1F. The van der Waals surface area contributed by atoms with Gasteiger partial charge in [-0.3, -0.25) is 9.69 Å². The molecule has 0 saturated carbocycles. The lowest BCUT2D eigenvalue weighted by Gasteiger charge is -2.35. The van der Waals surface area contributed by atoms with Crippen LogP contribution in [-0.2, 0) is 11.3 Å². The van der Waals surface area contributed by atoms with Crippen molar-refractivity contribution in [2.24, 2.45) is 11.7 Å². The molecule has 3 rings (SSSR count). The Balaban J connectivity index is 1.62. The highest BCUT2D eigenvalue weighted by molar-refractivity contribution is 5.75. The molecule has 0 spiro atoms. The number of anilines is 2. The molecule has 2 heterocycles. The van der Waals surface area contributed by atoms with Crippen molar-refractivity contribution in [1.29, 1.82) is 5.26 Å². The topological polar surface area (TPSA) is 131 Å². The normalized spacial score (nSPS) is 18.7. The van der Waals surface area contributed by atoms with Gasteiger partial charge in [0.15, 0.2) is 11.6 Å². The largest absolute Gasteiger partial charge is 0.391 e. The fraction of sp³-hybridized carbons (Fsp3) is 0.429. The van der Waals surface area contributed by atoms with Gasteiger partial charge in [0.25, 0.3) is 0 Å². The Morgan fingerprint density at radius 1 is 1.44 bits per heavy atom. The number of aromatic nitrogens is 2. The molecule has 170 valence electrons. The number of likely N-dealkylation sites (tertiary alicyclic amines) is 1. The van der Waals surface area contributed by atoms with E-state index in [1.807, 2.05) is 0 Å². The van der Waals surface area contributed by atoms with E-state index in [9.17, 15) is 14.3 Å². The van der Waals surface area contributed by atoms with E-state index < -0.39 is 23.6 Å². The molecule has 1 fully saturated rings. The molecule has 1 aliphatic rings. The summed E-state index contributed by atoms with van der Waals surface area (Å²) < 4.78 is 28.9. The number of rotatable bonds is 8. The first-order valence-electron chi connectivity index (χ1n) is 10.1. The molecule has 9 nitrogen and oxygen atoms in total. The van der Waals surface area contributed by atoms with Crippen molar-refractivity contribution in [3.63, 3.8) is 0 Å². The monoisotopic (exact) mass is 445 g/mol. The molecular formula is C21H25F2N7O2. The maximum atomic E-state index is 15.0. The van der Waals surface area contributed by atoms with Crippen molar-refractivity contribution in [2.45, 2.75) is 19.1 Å². The number of nitrogens with one attached hydrogen (secondary N) is 1. The van der Waals surface area contributed by atoms with Crippen LogP contribution >= 0.6 is 0 Å². The average Bonchev–Trinajstić information content (AvgIpc) is 2.73. The van der Waals surface area contributed by atoms with Gasteiger partial charge in [-0.1, -0.05) is 6.07 Å². The molecule has 0 aliphatic carbocycles. The smallest absolute Gasteiger partial charge is 0.231 e. The van der Waals surface area contributed by atoms with E-state index in [2.05, 4.69) is 15.3 Å². The standard InChI is InChI=1S/C21H25F2N7O2/c1-29(9-13-2-3-14(7-24)16(22)6-13)21-19(23)20(27-12-28-21)26-8-15-4-5-30(10-17(15)31)11-18(25)32/h2-3,6,12,15,17,31H,4-5,8-11H2,1H3,(H2,25,32)(H,26,27,28)/t15-,17+/m0/s1. The van der Waals surface area contributed by atoms with E-state index in [0.717, 1.165) is 0 Å². The number of primary amides is 1. The molecule has 32 heavy (non-hydrogen) atoms. The minimum Gasteiger partial charge on any atom is -0.391 e. The molecule has 11 heteroatoms. The molecule has 0 unspecified atom stereocenters. The Morgan fingerprint density at radius 3 is 2.88 bits per heavy atom. The van der Waals surface area contributed by atoms with Gasteiger partial charge in [-0.05, 0) is 30.7 Å². The van der Waals surface area contributed by atoms with Crippen LogP contribution in [0.5, 0.6) is 0 Å². The van der Waals surface area contributed by atoms with E-state index in [-0.39, 0.29) is 36.2 Å². The van der Waals surface area contributed by atoms with Gasteiger partial charge in [0.05, 0.1) is 18.2 Å². The van der Waals surface area contributed by atoms with Crippen LogP contribution in [0.15, 0.2) is 24.5 Å². The van der Waals surface area contributed by atoms with Crippen molar-refractivity contribution in [1.82, 2.24) is 14.9 Å². The van der Waals surface area contributed by atoms with Crippen LogP contribution < -0.4 is 16.0 Å². The van der Waals surface area contributed by atoms with Gasteiger partial charge in [-0.2, -0.15) is 9.65 Å². The number of halogens is 2. The summed E-state index contributed by atoms with van der Waals surface area (Å²) in [6.07, 6.45) is 1.15. The van der Waals surface area contributed by atoms with Crippen molar-refractivity contribution in [3.8, 4) is 6.07 Å². The van der Waals surface area contributed by atoms with E-state index in [1.165, 1.54) is 23.4 Å². The van der Waals surface area contributed by atoms with Gasteiger partial charge >= 0.3 is 0 Å². The molecule has 1 aliphatic heterocycles. The summed E-state index contributed by atoms with van der Waals surface area (Å²) in [7, 11) is 1.61. The van der Waals surface area contributed by atoms with Crippen molar-refractivity contribution in [3.05, 3.63) is 47.3 Å². The molecule has 1 saturated heterocycles. The molecule has 1 amide bonds. The van der Waals surface area contributed by atoms with E-state index in [0.29, 0.717) is 31.6 Å².